The summed E-state index contributed by atoms with van der Waals surface area (Å²) in [6.45, 7) is 4.33. The average Bonchev–Trinajstić information content (AvgIpc) is 2.53. The van der Waals surface area contributed by atoms with Gasteiger partial charge in [0, 0.05) is 30.6 Å². The second-order valence-electron chi connectivity index (χ2n) is 3.96. The molecule has 0 amide bonds. The summed E-state index contributed by atoms with van der Waals surface area (Å²) in [5, 5.41) is 0. The maximum Gasteiger partial charge on any atom is 0.0639 e. The zero-order chi connectivity index (χ0) is 8.77. The molecular weight excluding hydrogens is 150 g/mol. The van der Waals surface area contributed by atoms with Crippen molar-refractivity contribution in [3.05, 3.63) is 24.3 Å². The molecule has 0 unspecified atom stereocenters. The molecule has 12 heavy (non-hydrogen) atoms. The van der Waals surface area contributed by atoms with Crippen LogP contribution in [-0.4, -0.2) is 16.0 Å². The zero-order valence-corrected chi connectivity index (χ0v) is 7.36. The van der Waals surface area contributed by atoms with E-state index in [1.165, 1.54) is 0 Å². The summed E-state index contributed by atoms with van der Waals surface area (Å²) < 4.78 is 0. The van der Waals surface area contributed by atoms with Crippen LogP contribution in [0.5, 0.6) is 0 Å². The van der Waals surface area contributed by atoms with Crippen molar-refractivity contribution < 1.29 is 0 Å². The standard InChI is InChI=1S/C9H13N3/c1-9(2)7(8(9)10)6-5-11-3-4-12-6/h3-5,7-8H,10H2,1-2H3/t7-,8-/m0/s1. The Morgan fingerprint density at radius 1 is 1.42 bits per heavy atom. The molecule has 1 aromatic rings. The van der Waals surface area contributed by atoms with Gasteiger partial charge in [-0.3, -0.25) is 9.97 Å². The summed E-state index contributed by atoms with van der Waals surface area (Å²) >= 11 is 0. The Morgan fingerprint density at radius 3 is 2.50 bits per heavy atom. The Morgan fingerprint density at radius 2 is 2.08 bits per heavy atom. The summed E-state index contributed by atoms with van der Waals surface area (Å²) in [4.78, 5) is 8.27. The van der Waals surface area contributed by atoms with Gasteiger partial charge in [0.15, 0.2) is 0 Å². The maximum absolute atomic E-state index is 5.91. The van der Waals surface area contributed by atoms with Crippen molar-refractivity contribution in [2.45, 2.75) is 25.8 Å². The Bertz CT molecular complexity index is 281. The highest BCUT2D eigenvalue weighted by atomic mass is 14.9. The Kier molecular flexibility index (Phi) is 1.45. The van der Waals surface area contributed by atoms with Crippen molar-refractivity contribution in [3.63, 3.8) is 0 Å². The highest BCUT2D eigenvalue weighted by Crippen LogP contribution is 2.56. The summed E-state index contributed by atoms with van der Waals surface area (Å²) in [7, 11) is 0. The van der Waals surface area contributed by atoms with Crippen molar-refractivity contribution in [1.82, 2.24) is 9.97 Å². The number of nitrogens with two attached hydrogens (primary N) is 1. The largest absolute Gasteiger partial charge is 0.327 e. The Labute approximate surface area is 72.0 Å². The molecule has 0 bridgehead atoms. The molecule has 2 atom stereocenters. The SMILES string of the molecule is CC1(C)[C@@H](N)[C@@H]1c1cnccn1. The number of rotatable bonds is 1. The highest BCUT2D eigenvalue weighted by molar-refractivity contribution is 5.26. The van der Waals surface area contributed by atoms with Crippen LogP contribution in [0.25, 0.3) is 0 Å². The van der Waals surface area contributed by atoms with Crippen molar-refractivity contribution in [1.29, 1.82) is 0 Å². The lowest BCUT2D eigenvalue weighted by Gasteiger charge is -1.99. The highest BCUT2D eigenvalue weighted by Gasteiger charge is 2.57. The lowest BCUT2D eigenvalue weighted by Crippen LogP contribution is -2.06. The van der Waals surface area contributed by atoms with Gasteiger partial charge in [-0.15, -0.1) is 0 Å². The molecule has 3 heteroatoms. The lowest BCUT2D eigenvalue weighted by molar-refractivity contribution is 0.595. The number of aromatic nitrogens is 2. The minimum atomic E-state index is 0.204. The molecule has 0 radical (unpaired) electrons. The normalized spacial score (nSPS) is 31.6. The van der Waals surface area contributed by atoms with E-state index < -0.39 is 0 Å². The zero-order valence-electron chi connectivity index (χ0n) is 7.36. The quantitative estimate of drug-likeness (QED) is 0.670. The van der Waals surface area contributed by atoms with Crippen molar-refractivity contribution in [2.75, 3.05) is 0 Å². The van der Waals surface area contributed by atoms with Gasteiger partial charge in [0.1, 0.15) is 0 Å². The van der Waals surface area contributed by atoms with Crippen LogP contribution in [0.3, 0.4) is 0 Å². The molecule has 2 N–H and O–H groups in total. The third-order valence-electron chi connectivity index (χ3n) is 2.81. The van der Waals surface area contributed by atoms with E-state index in [0.717, 1.165) is 5.69 Å². The topological polar surface area (TPSA) is 51.8 Å². The van der Waals surface area contributed by atoms with Crippen LogP contribution in [0.15, 0.2) is 18.6 Å². The van der Waals surface area contributed by atoms with Crippen LogP contribution in [0, 0.1) is 5.41 Å². The molecule has 0 spiro atoms. The predicted molar refractivity (Wildman–Crippen MR) is 46.5 cm³/mol. The first-order valence-electron chi connectivity index (χ1n) is 4.15. The van der Waals surface area contributed by atoms with Gasteiger partial charge in [0.25, 0.3) is 0 Å². The maximum atomic E-state index is 5.91. The first-order chi connectivity index (χ1) is 5.64. The Hall–Kier alpha value is -0.960. The van der Waals surface area contributed by atoms with Crippen LogP contribution in [-0.2, 0) is 0 Å². The molecule has 0 aromatic carbocycles. The molecule has 1 aromatic heterocycles. The minimum Gasteiger partial charge on any atom is -0.327 e. The van der Waals surface area contributed by atoms with E-state index in [9.17, 15) is 0 Å². The van der Waals surface area contributed by atoms with Crippen LogP contribution < -0.4 is 5.73 Å². The third kappa shape index (κ3) is 0.932. The molecule has 1 aliphatic rings. The second-order valence-corrected chi connectivity index (χ2v) is 3.96. The van der Waals surface area contributed by atoms with Crippen LogP contribution in [0.4, 0.5) is 0 Å². The summed E-state index contributed by atoms with van der Waals surface area (Å²) in [6, 6.07) is 0.245. The summed E-state index contributed by atoms with van der Waals surface area (Å²) in [5.74, 6) is 0.395. The van der Waals surface area contributed by atoms with E-state index in [-0.39, 0.29) is 11.5 Å². The third-order valence-corrected chi connectivity index (χ3v) is 2.81. The fourth-order valence-corrected chi connectivity index (χ4v) is 1.71. The second kappa shape index (κ2) is 2.26. The fourth-order valence-electron chi connectivity index (χ4n) is 1.71. The smallest absolute Gasteiger partial charge is 0.0639 e. The predicted octanol–water partition coefficient (Wildman–Crippen LogP) is 0.927. The molecule has 1 saturated carbocycles. The van der Waals surface area contributed by atoms with Gasteiger partial charge in [-0.2, -0.15) is 0 Å². The summed E-state index contributed by atoms with van der Waals surface area (Å²) in [6.07, 6.45) is 5.21. The number of hydrogen-bond donors (Lipinski definition) is 1. The fraction of sp³-hybridized carbons (Fsp3) is 0.556. The van der Waals surface area contributed by atoms with Crippen molar-refractivity contribution >= 4 is 0 Å². The average molecular weight is 163 g/mol. The van der Waals surface area contributed by atoms with Crippen LogP contribution in [0.1, 0.15) is 25.5 Å². The molecule has 1 aliphatic carbocycles. The van der Waals surface area contributed by atoms with Gasteiger partial charge >= 0.3 is 0 Å². The molecule has 3 nitrogen and oxygen atoms in total. The van der Waals surface area contributed by atoms with Crippen LogP contribution in [0.2, 0.25) is 0 Å². The van der Waals surface area contributed by atoms with E-state index in [1.54, 1.807) is 18.6 Å². The van der Waals surface area contributed by atoms with Gasteiger partial charge in [-0.1, -0.05) is 13.8 Å². The monoisotopic (exact) mass is 163 g/mol. The van der Waals surface area contributed by atoms with Crippen molar-refractivity contribution in [2.24, 2.45) is 11.1 Å². The van der Waals surface area contributed by atoms with Crippen molar-refractivity contribution in [3.8, 4) is 0 Å². The first-order valence-corrected chi connectivity index (χ1v) is 4.15. The van der Waals surface area contributed by atoms with Gasteiger partial charge in [-0.25, -0.2) is 0 Å². The lowest BCUT2D eigenvalue weighted by atomic mass is 10.1. The molecule has 1 heterocycles. The van der Waals surface area contributed by atoms with E-state index in [1.807, 2.05) is 0 Å². The first kappa shape index (κ1) is 7.68. The van der Waals surface area contributed by atoms with Gasteiger partial charge in [0.05, 0.1) is 5.69 Å². The van der Waals surface area contributed by atoms with E-state index >= 15 is 0 Å². The van der Waals surface area contributed by atoms with Gasteiger partial charge < -0.3 is 5.73 Å². The van der Waals surface area contributed by atoms with E-state index in [2.05, 4.69) is 23.8 Å². The molecule has 1 fully saturated rings. The van der Waals surface area contributed by atoms with E-state index in [0.29, 0.717) is 5.92 Å². The number of hydrogen-bond acceptors (Lipinski definition) is 3. The number of nitrogens with zero attached hydrogens (tertiary/aromatic N) is 2. The molecular formula is C9H13N3. The van der Waals surface area contributed by atoms with Crippen LogP contribution >= 0.6 is 0 Å². The molecule has 64 valence electrons. The Balaban J connectivity index is 2.25. The molecule has 0 saturated heterocycles. The summed E-state index contributed by atoms with van der Waals surface area (Å²) in [5.41, 5.74) is 7.14. The minimum absolute atomic E-state index is 0.204. The molecule has 0 aliphatic heterocycles. The van der Waals surface area contributed by atoms with Gasteiger partial charge in [0.2, 0.25) is 0 Å². The van der Waals surface area contributed by atoms with Gasteiger partial charge in [-0.05, 0) is 5.41 Å². The van der Waals surface area contributed by atoms with E-state index in [4.69, 9.17) is 5.73 Å². The molecule has 2 rings (SSSR count).